The summed E-state index contributed by atoms with van der Waals surface area (Å²) in [6, 6.07) is 16.4. The maximum absolute atomic E-state index is 13.6. The number of aliphatic carboxylic acids is 1. The molecule has 61 heavy (non-hydrogen) atoms. The van der Waals surface area contributed by atoms with Crippen LogP contribution in [0.3, 0.4) is 0 Å². The number of piperidine rings is 2. The molecule has 8 N–H and O–H groups in total. The SMILES string of the molecule is CC(C)c1cc(C(=N)N(C(N)=O)c2ccc(CN3CCN([S+]([O-])N4CCC(C(=O)N5CCC(C(=O)O[C@@H](C(=O)O)[C@@H](N)c6ccccc6)CC5)CC4)CC3)cc2)c(O)cc1O. The van der Waals surface area contributed by atoms with Crippen LogP contribution in [0.25, 0.3) is 0 Å². The van der Waals surface area contributed by atoms with Gasteiger partial charge < -0.3 is 41.0 Å². The third-order valence-electron chi connectivity index (χ3n) is 11.8. The van der Waals surface area contributed by atoms with E-state index in [0.717, 1.165) is 16.5 Å². The second-order valence-electron chi connectivity index (χ2n) is 16.1. The predicted octanol–water partition coefficient (Wildman–Crippen LogP) is 3.48. The van der Waals surface area contributed by atoms with Crippen molar-refractivity contribution in [3.8, 4) is 11.5 Å². The lowest BCUT2D eigenvalue weighted by Crippen LogP contribution is -2.54. The summed E-state index contributed by atoms with van der Waals surface area (Å²) in [5, 5.41) is 39.2. The largest absolute Gasteiger partial charge is 0.578 e. The van der Waals surface area contributed by atoms with Gasteiger partial charge in [0.15, 0.2) is 0 Å². The molecule has 3 aliphatic rings. The molecule has 0 bridgehead atoms. The van der Waals surface area contributed by atoms with Crippen LogP contribution in [0.15, 0.2) is 66.7 Å². The van der Waals surface area contributed by atoms with Gasteiger partial charge in [0.25, 0.3) is 0 Å². The van der Waals surface area contributed by atoms with Gasteiger partial charge in [-0.05, 0) is 66.5 Å². The smallest absolute Gasteiger partial charge is 0.347 e. The number of rotatable bonds is 13. The van der Waals surface area contributed by atoms with Crippen molar-refractivity contribution in [2.45, 2.75) is 64.1 Å². The van der Waals surface area contributed by atoms with Gasteiger partial charge in [0.1, 0.15) is 28.9 Å². The number of nitrogens with two attached hydrogens (primary N) is 2. The Labute approximate surface area is 358 Å². The van der Waals surface area contributed by atoms with E-state index in [-0.39, 0.29) is 40.6 Å². The molecule has 3 atom stereocenters. The second-order valence-corrected chi connectivity index (χ2v) is 17.6. The van der Waals surface area contributed by atoms with Crippen LogP contribution in [0.5, 0.6) is 11.5 Å². The molecule has 18 heteroatoms. The number of likely N-dealkylation sites (tertiary alicyclic amines) is 1. The number of hydrogen-bond donors (Lipinski definition) is 6. The first kappa shape index (κ1) is 45.3. The zero-order chi connectivity index (χ0) is 44.0. The Balaban J connectivity index is 0.926. The number of benzene rings is 3. The highest BCUT2D eigenvalue weighted by Crippen LogP contribution is 2.34. The van der Waals surface area contributed by atoms with Gasteiger partial charge in [-0.25, -0.2) is 14.5 Å². The first-order chi connectivity index (χ1) is 29.1. The number of nitrogens with zero attached hydrogens (tertiary/aromatic N) is 5. The minimum atomic E-state index is -1.53. The zero-order valence-electron chi connectivity index (χ0n) is 34.5. The van der Waals surface area contributed by atoms with Crippen molar-refractivity contribution < 1.29 is 43.8 Å². The summed E-state index contributed by atoms with van der Waals surface area (Å²) in [5.74, 6) is -3.53. The Hall–Kier alpha value is -5.24. The van der Waals surface area contributed by atoms with E-state index in [9.17, 15) is 39.1 Å². The lowest BCUT2D eigenvalue weighted by molar-refractivity contribution is -0.170. The molecule has 3 aliphatic heterocycles. The fraction of sp³-hybridized carbons (Fsp3) is 0.465. The van der Waals surface area contributed by atoms with Gasteiger partial charge in [0, 0.05) is 57.8 Å². The molecule has 3 aromatic rings. The zero-order valence-corrected chi connectivity index (χ0v) is 35.3. The first-order valence-electron chi connectivity index (χ1n) is 20.6. The van der Waals surface area contributed by atoms with Gasteiger partial charge in [-0.1, -0.05) is 56.3 Å². The molecule has 3 saturated heterocycles. The van der Waals surface area contributed by atoms with Crippen LogP contribution in [-0.2, 0) is 37.2 Å². The number of amidine groups is 1. The maximum Gasteiger partial charge on any atom is 0.347 e. The number of amides is 3. The Morgan fingerprint density at radius 1 is 0.852 bits per heavy atom. The molecule has 3 aromatic carbocycles. The molecule has 0 spiro atoms. The Kier molecular flexibility index (Phi) is 14.9. The van der Waals surface area contributed by atoms with Crippen LogP contribution in [0, 0.1) is 17.2 Å². The molecule has 17 nitrogen and oxygen atoms in total. The number of carboxylic acid groups (broad SMARTS) is 1. The van der Waals surface area contributed by atoms with Gasteiger partial charge in [0.2, 0.25) is 12.0 Å². The number of hydrogen-bond acceptors (Lipinski definition) is 13. The number of anilines is 1. The van der Waals surface area contributed by atoms with Crippen LogP contribution in [-0.4, -0.2) is 126 Å². The number of primary amides is 1. The van der Waals surface area contributed by atoms with E-state index in [4.69, 9.17) is 21.6 Å². The van der Waals surface area contributed by atoms with Crippen molar-refractivity contribution >= 4 is 46.9 Å². The summed E-state index contributed by atoms with van der Waals surface area (Å²) < 4.78 is 22.9. The number of phenols is 2. The van der Waals surface area contributed by atoms with E-state index in [1.165, 1.54) is 6.07 Å². The van der Waals surface area contributed by atoms with E-state index in [1.807, 2.05) is 34.6 Å². The molecule has 1 unspecified atom stereocenters. The van der Waals surface area contributed by atoms with Crippen LogP contribution in [0.4, 0.5) is 10.5 Å². The summed E-state index contributed by atoms with van der Waals surface area (Å²) in [5.41, 5.74) is 14.3. The average molecular weight is 861 g/mol. The molecule has 3 heterocycles. The molecular weight excluding hydrogens is 805 g/mol. The highest BCUT2D eigenvalue weighted by Gasteiger charge is 2.39. The van der Waals surface area contributed by atoms with Gasteiger partial charge in [-0.3, -0.25) is 19.9 Å². The van der Waals surface area contributed by atoms with Crippen molar-refractivity contribution in [3.05, 3.63) is 89.0 Å². The van der Waals surface area contributed by atoms with E-state index >= 15 is 0 Å². The third-order valence-corrected chi connectivity index (χ3v) is 13.4. The van der Waals surface area contributed by atoms with Crippen LogP contribution in [0.2, 0.25) is 0 Å². The summed E-state index contributed by atoms with van der Waals surface area (Å²) >= 11 is -1.35. The number of carboxylic acids is 1. The summed E-state index contributed by atoms with van der Waals surface area (Å²) in [6.45, 7) is 8.65. The van der Waals surface area contributed by atoms with Crippen molar-refractivity contribution in [1.29, 1.82) is 5.41 Å². The van der Waals surface area contributed by atoms with Crippen LogP contribution in [0.1, 0.15) is 73.7 Å². The van der Waals surface area contributed by atoms with Gasteiger partial charge in [0.05, 0.1) is 36.3 Å². The second kappa shape index (κ2) is 20.1. The molecular formula is C43H56N8O9S. The molecule has 0 radical (unpaired) electrons. The maximum atomic E-state index is 13.6. The Morgan fingerprint density at radius 2 is 1.44 bits per heavy atom. The van der Waals surface area contributed by atoms with E-state index in [2.05, 4.69) is 4.90 Å². The van der Waals surface area contributed by atoms with Crippen molar-refractivity contribution in [3.63, 3.8) is 0 Å². The summed E-state index contributed by atoms with van der Waals surface area (Å²) in [7, 11) is 0. The normalized spacial score (nSPS) is 18.9. The highest BCUT2D eigenvalue weighted by molar-refractivity contribution is 7.86. The number of ether oxygens (including phenoxy) is 1. The predicted molar refractivity (Wildman–Crippen MR) is 229 cm³/mol. The number of aromatic hydroxyl groups is 2. The number of phenolic OH excluding ortho intramolecular Hbond substituents is 2. The topological polar surface area (TPSA) is 253 Å². The molecule has 0 aliphatic carbocycles. The number of carbonyl (C=O) groups excluding carboxylic acids is 3. The molecule has 3 fully saturated rings. The quantitative estimate of drug-likeness (QED) is 0.0624. The van der Waals surface area contributed by atoms with Gasteiger partial charge in [-0.2, -0.15) is 0 Å². The summed E-state index contributed by atoms with van der Waals surface area (Å²) in [6.07, 6.45) is 0.348. The fourth-order valence-corrected chi connectivity index (χ4v) is 9.48. The lowest BCUT2D eigenvalue weighted by Gasteiger charge is -2.40. The van der Waals surface area contributed by atoms with E-state index in [0.29, 0.717) is 101 Å². The molecule has 328 valence electrons. The third kappa shape index (κ3) is 10.8. The van der Waals surface area contributed by atoms with E-state index < -0.39 is 47.6 Å². The molecule has 0 saturated carbocycles. The van der Waals surface area contributed by atoms with Crippen LogP contribution < -0.4 is 16.4 Å². The number of esters is 1. The highest BCUT2D eigenvalue weighted by atomic mass is 32.2. The number of carbonyl (C=O) groups is 4. The van der Waals surface area contributed by atoms with Gasteiger partial charge >= 0.3 is 18.0 Å². The van der Waals surface area contributed by atoms with Crippen molar-refractivity contribution in [1.82, 2.24) is 18.4 Å². The molecule has 6 rings (SSSR count). The number of nitrogens with one attached hydrogen (secondary N) is 1. The Bertz CT molecular complexity index is 2030. The van der Waals surface area contributed by atoms with E-state index in [1.54, 1.807) is 47.4 Å². The van der Waals surface area contributed by atoms with Crippen molar-refractivity contribution in [2.75, 3.05) is 57.3 Å². The Morgan fingerprint density at radius 3 is 2.02 bits per heavy atom. The number of piperazine rings is 1. The van der Waals surface area contributed by atoms with Crippen molar-refractivity contribution in [2.24, 2.45) is 23.3 Å². The minimum Gasteiger partial charge on any atom is -0.578 e. The fourth-order valence-electron chi connectivity index (χ4n) is 8.15. The number of urea groups is 1. The van der Waals surface area contributed by atoms with Gasteiger partial charge in [-0.15, -0.1) is 8.61 Å². The first-order valence-corrected chi connectivity index (χ1v) is 21.7. The minimum absolute atomic E-state index is 0.0193. The molecule has 3 amide bonds. The van der Waals surface area contributed by atoms with Crippen LogP contribution >= 0.6 is 0 Å². The standard InChI is InChI=1S/C43H56N8O9S/c1-27(2)33-24-34(36(53)25-35(33)52)39(45)51(43(46)58)32-10-8-28(9-11-32)26-47-20-22-50(23-21-47)61(59)49-18-14-30(15-19-49)40(54)48-16-12-31(13-17-48)42(57)60-38(41(55)56)37(44)29-6-4-3-5-7-29/h3-11,24-25,27,30-31,37-38,45,52-53H,12-23,26,44H2,1-2H3,(H2,46,58)(H,55,56)/t37-,38+,61?/m0/s1. The molecule has 0 aromatic heterocycles. The average Bonchev–Trinajstić information content (AvgIpc) is 3.25. The summed E-state index contributed by atoms with van der Waals surface area (Å²) in [4.78, 5) is 55.9. The lowest BCUT2D eigenvalue weighted by atomic mass is 9.92. The monoisotopic (exact) mass is 860 g/mol.